The molecule has 1 rings (SSSR count). The number of sulfonamides is 1. The number of aryl methyl sites for hydroxylation is 1. The molecule has 0 radical (unpaired) electrons. The second-order valence-corrected chi connectivity index (χ2v) is 6.99. The number of nitrogens with one attached hydrogen (secondary N) is 2. The summed E-state index contributed by atoms with van der Waals surface area (Å²) < 4.78 is 26.3. The molecule has 2 N–H and O–H groups in total. The fraction of sp³-hybridized carbons (Fsp3) is 0.727. The van der Waals surface area contributed by atoms with E-state index in [1.54, 1.807) is 0 Å². The van der Waals surface area contributed by atoms with Crippen molar-refractivity contribution in [1.29, 1.82) is 0 Å². The zero-order valence-corrected chi connectivity index (χ0v) is 11.7. The van der Waals surface area contributed by atoms with Crippen molar-refractivity contribution in [2.75, 3.05) is 6.54 Å². The van der Waals surface area contributed by atoms with Gasteiger partial charge in [0.2, 0.25) is 0 Å². The molecule has 1 aromatic rings. The van der Waals surface area contributed by atoms with Crippen molar-refractivity contribution in [3.8, 4) is 0 Å². The molecule has 98 valence electrons. The van der Waals surface area contributed by atoms with E-state index < -0.39 is 10.0 Å². The highest BCUT2D eigenvalue weighted by atomic mass is 32.2. The predicted octanol–water partition coefficient (Wildman–Crippen LogP) is 1.69. The maximum atomic E-state index is 11.9. The third-order valence-electron chi connectivity index (χ3n) is 2.40. The van der Waals surface area contributed by atoms with E-state index in [9.17, 15) is 8.42 Å². The minimum absolute atomic E-state index is 0.116. The van der Waals surface area contributed by atoms with E-state index in [-0.39, 0.29) is 10.4 Å². The molecular weight excluding hydrogens is 238 g/mol. The molecule has 1 heterocycles. The lowest BCUT2D eigenvalue weighted by Crippen LogP contribution is -2.27. The van der Waals surface area contributed by atoms with Crippen molar-refractivity contribution < 1.29 is 8.42 Å². The Morgan fingerprint density at radius 2 is 2.06 bits per heavy atom. The van der Waals surface area contributed by atoms with Crippen LogP contribution >= 0.6 is 0 Å². The van der Waals surface area contributed by atoms with Crippen molar-refractivity contribution in [1.82, 2.24) is 14.7 Å². The average molecular weight is 259 g/mol. The van der Waals surface area contributed by atoms with Gasteiger partial charge in [0.1, 0.15) is 5.82 Å². The lowest BCUT2D eigenvalue weighted by molar-refractivity contribution is 0.378. The first-order chi connectivity index (χ1) is 7.74. The average Bonchev–Trinajstić information content (AvgIpc) is 2.63. The molecule has 0 atom stereocenters. The van der Waals surface area contributed by atoms with Gasteiger partial charge in [-0.05, 0) is 11.8 Å². The molecule has 0 saturated carbocycles. The van der Waals surface area contributed by atoms with E-state index in [4.69, 9.17) is 0 Å². The zero-order chi connectivity index (χ0) is 13.1. The fourth-order valence-electron chi connectivity index (χ4n) is 1.30. The van der Waals surface area contributed by atoms with Crippen LogP contribution in [0.15, 0.2) is 11.2 Å². The minimum Gasteiger partial charge on any atom is -0.332 e. The number of H-pyrrole nitrogens is 1. The van der Waals surface area contributed by atoms with E-state index in [0.717, 1.165) is 6.42 Å². The molecule has 0 aromatic carbocycles. The van der Waals surface area contributed by atoms with Crippen molar-refractivity contribution >= 4 is 10.0 Å². The predicted molar refractivity (Wildman–Crippen MR) is 67.2 cm³/mol. The molecule has 0 aliphatic rings. The van der Waals surface area contributed by atoms with E-state index in [0.29, 0.717) is 18.8 Å². The van der Waals surface area contributed by atoms with Crippen LogP contribution in [0, 0.1) is 5.41 Å². The Balaban J connectivity index is 2.63. The first-order valence-electron chi connectivity index (χ1n) is 5.78. The van der Waals surface area contributed by atoms with Crippen LogP contribution < -0.4 is 4.72 Å². The lowest BCUT2D eigenvalue weighted by atomic mass is 9.93. The van der Waals surface area contributed by atoms with Gasteiger partial charge in [0, 0.05) is 13.0 Å². The lowest BCUT2D eigenvalue weighted by Gasteiger charge is -2.17. The van der Waals surface area contributed by atoms with Gasteiger partial charge in [0.15, 0.2) is 5.03 Å². The summed E-state index contributed by atoms with van der Waals surface area (Å²) in [6, 6.07) is 0. The summed E-state index contributed by atoms with van der Waals surface area (Å²) >= 11 is 0. The Labute approximate surface area is 103 Å². The molecular formula is C11H21N3O2S. The summed E-state index contributed by atoms with van der Waals surface area (Å²) in [4.78, 5) is 6.77. The zero-order valence-electron chi connectivity index (χ0n) is 10.9. The number of rotatable bonds is 5. The Morgan fingerprint density at radius 3 is 2.53 bits per heavy atom. The summed E-state index contributed by atoms with van der Waals surface area (Å²) in [5.41, 5.74) is 0.116. The molecule has 17 heavy (non-hydrogen) atoms. The van der Waals surface area contributed by atoms with Gasteiger partial charge in [-0.2, -0.15) is 0 Å². The summed E-state index contributed by atoms with van der Waals surface area (Å²) in [7, 11) is -3.44. The van der Waals surface area contributed by atoms with Crippen LogP contribution in [0.25, 0.3) is 0 Å². The molecule has 0 aliphatic heterocycles. The van der Waals surface area contributed by atoms with Crippen LogP contribution in [0.4, 0.5) is 0 Å². The summed E-state index contributed by atoms with van der Waals surface area (Å²) in [5, 5.41) is 0.142. The van der Waals surface area contributed by atoms with E-state index in [1.807, 2.05) is 6.92 Å². The molecule has 0 unspecified atom stereocenters. The van der Waals surface area contributed by atoms with Gasteiger partial charge in [-0.1, -0.05) is 27.7 Å². The van der Waals surface area contributed by atoms with Gasteiger partial charge in [-0.25, -0.2) is 18.1 Å². The van der Waals surface area contributed by atoms with Crippen molar-refractivity contribution in [3.63, 3.8) is 0 Å². The standard InChI is InChI=1S/C11H21N3O2S/c1-5-9-12-8-10(14-9)17(15,16)13-7-6-11(2,3)4/h8,13H,5-7H2,1-4H3,(H,12,14). The van der Waals surface area contributed by atoms with Crippen molar-refractivity contribution in [2.24, 2.45) is 5.41 Å². The Hall–Kier alpha value is -0.880. The quantitative estimate of drug-likeness (QED) is 0.845. The molecule has 0 aliphatic carbocycles. The smallest absolute Gasteiger partial charge is 0.257 e. The summed E-state index contributed by atoms with van der Waals surface area (Å²) in [6.07, 6.45) is 2.84. The van der Waals surface area contributed by atoms with Gasteiger partial charge in [-0.15, -0.1) is 0 Å². The number of nitrogens with zero attached hydrogens (tertiary/aromatic N) is 1. The summed E-state index contributed by atoms with van der Waals surface area (Å²) in [6.45, 7) is 8.58. The van der Waals surface area contributed by atoms with E-state index in [2.05, 4.69) is 35.5 Å². The molecule has 1 aromatic heterocycles. The third-order valence-corrected chi connectivity index (χ3v) is 3.77. The Kier molecular flexibility index (Phi) is 4.32. The van der Waals surface area contributed by atoms with E-state index >= 15 is 0 Å². The monoisotopic (exact) mass is 259 g/mol. The molecule has 0 saturated heterocycles. The van der Waals surface area contributed by atoms with E-state index in [1.165, 1.54) is 6.20 Å². The maximum absolute atomic E-state index is 11.9. The van der Waals surface area contributed by atoms with Crippen LogP contribution in [-0.2, 0) is 16.4 Å². The van der Waals surface area contributed by atoms with Gasteiger partial charge in [0.25, 0.3) is 10.0 Å². The van der Waals surface area contributed by atoms with Crippen molar-refractivity contribution in [3.05, 3.63) is 12.0 Å². The van der Waals surface area contributed by atoms with Gasteiger partial charge >= 0.3 is 0 Å². The molecule has 6 heteroatoms. The first-order valence-corrected chi connectivity index (χ1v) is 7.26. The Bertz CT molecular complexity index is 457. The topological polar surface area (TPSA) is 74.8 Å². The van der Waals surface area contributed by atoms with Gasteiger partial charge in [-0.3, -0.25) is 0 Å². The fourth-order valence-corrected chi connectivity index (χ4v) is 2.27. The minimum atomic E-state index is -3.44. The Morgan fingerprint density at radius 1 is 1.41 bits per heavy atom. The first kappa shape index (κ1) is 14.2. The number of aromatic amines is 1. The summed E-state index contributed by atoms with van der Waals surface area (Å²) in [5.74, 6) is 0.682. The second-order valence-electron chi connectivity index (χ2n) is 5.26. The number of imidazole rings is 1. The van der Waals surface area contributed by atoms with Gasteiger partial charge in [0.05, 0.1) is 6.20 Å². The number of aromatic nitrogens is 2. The van der Waals surface area contributed by atoms with Crippen LogP contribution in [-0.4, -0.2) is 24.9 Å². The van der Waals surface area contributed by atoms with Crippen LogP contribution in [0.2, 0.25) is 0 Å². The second kappa shape index (κ2) is 5.18. The highest BCUT2D eigenvalue weighted by molar-refractivity contribution is 7.89. The normalized spacial score (nSPS) is 12.9. The number of hydrogen-bond acceptors (Lipinski definition) is 3. The third kappa shape index (κ3) is 4.47. The van der Waals surface area contributed by atoms with Gasteiger partial charge < -0.3 is 4.98 Å². The molecule has 5 nitrogen and oxygen atoms in total. The molecule has 0 bridgehead atoms. The maximum Gasteiger partial charge on any atom is 0.257 e. The highest BCUT2D eigenvalue weighted by Crippen LogP contribution is 2.17. The molecule has 0 amide bonds. The van der Waals surface area contributed by atoms with Crippen molar-refractivity contribution in [2.45, 2.75) is 45.6 Å². The molecule has 0 fully saturated rings. The highest BCUT2D eigenvalue weighted by Gasteiger charge is 2.18. The molecule has 0 spiro atoms. The number of hydrogen-bond donors (Lipinski definition) is 2. The SMILES string of the molecule is CCc1ncc(S(=O)(=O)NCCC(C)(C)C)[nH]1. The van der Waals surface area contributed by atoms with Crippen LogP contribution in [0.3, 0.4) is 0 Å². The van der Waals surface area contributed by atoms with Crippen LogP contribution in [0.5, 0.6) is 0 Å². The largest absolute Gasteiger partial charge is 0.332 e. The van der Waals surface area contributed by atoms with Crippen LogP contribution in [0.1, 0.15) is 39.9 Å².